The Balaban J connectivity index is 1.36. The van der Waals surface area contributed by atoms with E-state index < -0.39 is 5.82 Å². The van der Waals surface area contributed by atoms with Crippen LogP contribution in [0.3, 0.4) is 0 Å². The molecule has 1 saturated carbocycles. The highest BCUT2D eigenvalue weighted by atomic mass is 19.1. The fourth-order valence-electron chi connectivity index (χ4n) is 5.27. The Morgan fingerprint density at radius 3 is 2.73 bits per heavy atom. The molecule has 9 heteroatoms. The molecule has 1 saturated heterocycles. The molecule has 3 heterocycles. The first-order chi connectivity index (χ1) is 19.3. The Morgan fingerprint density at radius 1 is 1.18 bits per heavy atom. The van der Waals surface area contributed by atoms with Gasteiger partial charge in [-0.25, -0.2) is 4.39 Å². The Kier molecular flexibility index (Phi) is 6.43. The molecule has 1 unspecified atom stereocenters. The molecule has 1 atom stereocenters. The first-order valence-electron chi connectivity index (χ1n) is 13.1. The number of carbonyl (C=O) groups is 1. The fourth-order valence-corrected chi connectivity index (χ4v) is 5.27. The van der Waals surface area contributed by atoms with Gasteiger partial charge in [-0.15, -0.1) is 0 Å². The number of rotatable bonds is 6. The maximum atomic E-state index is 15.5. The van der Waals surface area contributed by atoms with Crippen molar-refractivity contribution < 1.29 is 27.8 Å². The van der Waals surface area contributed by atoms with Crippen LogP contribution in [-0.4, -0.2) is 55.3 Å². The van der Waals surface area contributed by atoms with Gasteiger partial charge in [0, 0.05) is 50.3 Å². The Hall–Kier alpha value is -4.42. The molecule has 1 aliphatic heterocycles. The summed E-state index contributed by atoms with van der Waals surface area (Å²) in [6.07, 6.45) is 4.76. The predicted octanol–water partition coefficient (Wildman–Crippen LogP) is 5.97. The third-order valence-electron chi connectivity index (χ3n) is 7.55. The van der Waals surface area contributed by atoms with E-state index in [2.05, 4.69) is 11.1 Å². The molecule has 2 aromatic heterocycles. The van der Waals surface area contributed by atoms with Crippen LogP contribution in [0.15, 0.2) is 53.1 Å². The standard InChI is InChI=1S/C31H28FN3O5/c1-35(2)30(36)18-4-5-23(26(14-18)37-3)27-15-25-29(40-27)22(6-10-34-25)19-12-20(17-33)28(24(32)13-19)39-21-7-11-38-31(16-21)8-9-31/h4-6,10,12-15,21H,7-9,11,16H2,1-3H3. The van der Waals surface area contributed by atoms with E-state index >= 15 is 4.39 Å². The second kappa shape index (κ2) is 9.96. The minimum atomic E-state index is -0.607. The molecular weight excluding hydrogens is 513 g/mol. The average molecular weight is 542 g/mol. The van der Waals surface area contributed by atoms with Crippen LogP contribution in [0, 0.1) is 17.1 Å². The van der Waals surface area contributed by atoms with Crippen molar-refractivity contribution in [1.82, 2.24) is 9.88 Å². The fraction of sp³-hybridized carbons (Fsp3) is 0.323. The topological polar surface area (TPSA) is 97.8 Å². The third kappa shape index (κ3) is 4.65. The van der Waals surface area contributed by atoms with Crippen LogP contribution in [0.25, 0.3) is 33.6 Å². The normalized spacial score (nSPS) is 17.4. The SMILES string of the molecule is COc1cc(C(=O)N(C)C)ccc1-c1cc2nccc(-c3cc(F)c(OC4CCOC5(CC5)C4)c(C#N)c3)c2o1. The van der Waals surface area contributed by atoms with E-state index in [0.29, 0.717) is 64.3 Å². The summed E-state index contributed by atoms with van der Waals surface area (Å²) in [5, 5.41) is 9.88. The van der Waals surface area contributed by atoms with Crippen LogP contribution in [-0.2, 0) is 4.74 Å². The number of nitrogens with zero attached hydrogens (tertiary/aromatic N) is 3. The summed E-state index contributed by atoms with van der Waals surface area (Å²) in [4.78, 5) is 18.3. The van der Waals surface area contributed by atoms with Crippen molar-refractivity contribution >= 4 is 17.0 Å². The second-order valence-electron chi connectivity index (χ2n) is 10.5. The molecule has 2 aromatic carbocycles. The average Bonchev–Trinajstić information content (AvgIpc) is 3.54. The first-order valence-corrected chi connectivity index (χ1v) is 13.1. The van der Waals surface area contributed by atoms with Crippen molar-refractivity contribution in [3.05, 3.63) is 65.6 Å². The number of ether oxygens (including phenoxy) is 3. The van der Waals surface area contributed by atoms with Crippen molar-refractivity contribution in [2.45, 2.75) is 37.4 Å². The van der Waals surface area contributed by atoms with Gasteiger partial charge in [-0.3, -0.25) is 9.78 Å². The molecule has 8 nitrogen and oxygen atoms in total. The number of hydrogen-bond acceptors (Lipinski definition) is 7. The van der Waals surface area contributed by atoms with Gasteiger partial charge in [-0.05, 0) is 54.8 Å². The van der Waals surface area contributed by atoms with Gasteiger partial charge < -0.3 is 23.5 Å². The molecule has 2 fully saturated rings. The van der Waals surface area contributed by atoms with Crippen LogP contribution >= 0.6 is 0 Å². The summed E-state index contributed by atoms with van der Waals surface area (Å²) in [6.45, 7) is 0.571. The predicted molar refractivity (Wildman–Crippen MR) is 146 cm³/mol. The van der Waals surface area contributed by atoms with Crippen molar-refractivity contribution in [3.63, 3.8) is 0 Å². The summed E-state index contributed by atoms with van der Waals surface area (Å²) >= 11 is 0. The molecule has 1 aliphatic carbocycles. The molecule has 40 heavy (non-hydrogen) atoms. The zero-order valence-corrected chi connectivity index (χ0v) is 22.5. The Labute approximate surface area is 230 Å². The molecule has 0 bridgehead atoms. The van der Waals surface area contributed by atoms with E-state index in [1.165, 1.54) is 18.1 Å². The number of nitriles is 1. The lowest BCUT2D eigenvalue weighted by Crippen LogP contribution is -2.34. The third-order valence-corrected chi connectivity index (χ3v) is 7.55. The monoisotopic (exact) mass is 541 g/mol. The number of amides is 1. The van der Waals surface area contributed by atoms with Crippen LogP contribution in [0.1, 0.15) is 41.6 Å². The summed E-state index contributed by atoms with van der Waals surface area (Å²) in [7, 11) is 4.89. The van der Waals surface area contributed by atoms with E-state index in [-0.39, 0.29) is 28.9 Å². The Morgan fingerprint density at radius 2 is 2.00 bits per heavy atom. The lowest BCUT2D eigenvalue weighted by molar-refractivity contribution is -0.0521. The summed E-state index contributed by atoms with van der Waals surface area (Å²) in [6, 6.07) is 13.7. The number of aromatic nitrogens is 1. The van der Waals surface area contributed by atoms with E-state index in [1.807, 2.05) is 0 Å². The van der Waals surface area contributed by atoms with Crippen molar-refractivity contribution in [3.8, 4) is 40.0 Å². The van der Waals surface area contributed by atoms with Crippen LogP contribution in [0.4, 0.5) is 4.39 Å². The van der Waals surface area contributed by atoms with Gasteiger partial charge >= 0.3 is 0 Å². The molecule has 6 rings (SSSR count). The van der Waals surface area contributed by atoms with Crippen LogP contribution in [0.5, 0.6) is 11.5 Å². The van der Waals surface area contributed by atoms with Gasteiger partial charge in [0.25, 0.3) is 5.91 Å². The van der Waals surface area contributed by atoms with Gasteiger partial charge in [-0.2, -0.15) is 5.26 Å². The zero-order valence-electron chi connectivity index (χ0n) is 22.5. The quantitative estimate of drug-likeness (QED) is 0.296. The van der Waals surface area contributed by atoms with E-state index in [1.54, 1.807) is 56.7 Å². The lowest BCUT2D eigenvalue weighted by Gasteiger charge is -2.30. The molecule has 1 spiro atoms. The maximum absolute atomic E-state index is 15.5. The Bertz CT molecular complexity index is 1670. The van der Waals surface area contributed by atoms with Crippen molar-refractivity contribution in [2.75, 3.05) is 27.8 Å². The number of benzene rings is 2. The van der Waals surface area contributed by atoms with Crippen LogP contribution < -0.4 is 9.47 Å². The molecule has 4 aromatic rings. The number of methoxy groups -OCH3 is 1. The summed E-state index contributed by atoms with van der Waals surface area (Å²) < 4.78 is 39.2. The summed E-state index contributed by atoms with van der Waals surface area (Å²) in [5.41, 5.74) is 3.15. The number of fused-ring (bicyclic) bond motifs is 1. The van der Waals surface area contributed by atoms with Gasteiger partial charge in [0.15, 0.2) is 17.1 Å². The highest BCUT2D eigenvalue weighted by molar-refractivity contribution is 5.96. The van der Waals surface area contributed by atoms with E-state index in [9.17, 15) is 10.1 Å². The smallest absolute Gasteiger partial charge is 0.253 e. The summed E-state index contributed by atoms with van der Waals surface area (Å²) in [5.74, 6) is 0.158. The van der Waals surface area contributed by atoms with Gasteiger partial charge in [0.05, 0.1) is 30.4 Å². The van der Waals surface area contributed by atoms with Crippen molar-refractivity contribution in [1.29, 1.82) is 5.26 Å². The molecule has 1 amide bonds. The number of furan rings is 1. The number of carbonyl (C=O) groups excluding carboxylic acids is 1. The number of pyridine rings is 1. The highest BCUT2D eigenvalue weighted by Gasteiger charge is 2.48. The largest absolute Gasteiger partial charge is 0.496 e. The molecule has 204 valence electrons. The molecular formula is C31H28FN3O5. The molecule has 0 N–H and O–H groups in total. The maximum Gasteiger partial charge on any atom is 0.253 e. The zero-order chi connectivity index (χ0) is 28.0. The number of halogens is 1. The van der Waals surface area contributed by atoms with Gasteiger partial charge in [0.2, 0.25) is 0 Å². The van der Waals surface area contributed by atoms with Gasteiger partial charge in [-0.1, -0.05) is 0 Å². The highest BCUT2D eigenvalue weighted by Crippen LogP contribution is 2.47. The number of hydrogen-bond donors (Lipinski definition) is 0. The second-order valence-corrected chi connectivity index (χ2v) is 10.5. The van der Waals surface area contributed by atoms with Crippen molar-refractivity contribution in [2.24, 2.45) is 0 Å². The van der Waals surface area contributed by atoms with E-state index in [0.717, 1.165) is 12.8 Å². The molecule has 0 radical (unpaired) electrons. The molecule has 2 aliphatic rings. The minimum Gasteiger partial charge on any atom is -0.496 e. The minimum absolute atomic E-state index is 0.0310. The lowest BCUT2D eigenvalue weighted by atomic mass is 10.0. The first kappa shape index (κ1) is 25.8. The van der Waals surface area contributed by atoms with Crippen LogP contribution in [0.2, 0.25) is 0 Å². The van der Waals surface area contributed by atoms with E-state index in [4.69, 9.17) is 18.6 Å². The van der Waals surface area contributed by atoms with Gasteiger partial charge in [0.1, 0.15) is 29.2 Å².